The van der Waals surface area contributed by atoms with Gasteiger partial charge < -0.3 is 9.88 Å². The van der Waals surface area contributed by atoms with Crippen LogP contribution in [0.4, 0.5) is 5.82 Å². The van der Waals surface area contributed by atoms with Gasteiger partial charge in [0.25, 0.3) is 0 Å². The van der Waals surface area contributed by atoms with E-state index in [2.05, 4.69) is 30.9 Å². The van der Waals surface area contributed by atoms with Gasteiger partial charge in [0, 0.05) is 12.6 Å². The molecule has 2 aliphatic rings. The predicted molar refractivity (Wildman–Crippen MR) is 78.6 cm³/mol. The first kappa shape index (κ1) is 11.9. The molecule has 0 unspecified atom stereocenters. The van der Waals surface area contributed by atoms with E-state index in [9.17, 15) is 0 Å². The quantitative estimate of drug-likeness (QED) is 0.847. The summed E-state index contributed by atoms with van der Waals surface area (Å²) >= 11 is 0. The topological polar surface area (TPSA) is 55.6 Å². The van der Waals surface area contributed by atoms with Crippen LogP contribution in [0, 0.1) is 0 Å². The van der Waals surface area contributed by atoms with Gasteiger partial charge in [-0.1, -0.05) is 11.6 Å². The summed E-state index contributed by atoms with van der Waals surface area (Å²) in [6, 6.07) is 0.603. The minimum absolute atomic E-state index is 0.603. The Kier molecular flexibility index (Phi) is 2.90. The van der Waals surface area contributed by atoms with Crippen molar-refractivity contribution in [3.8, 4) is 0 Å². The number of aromatic nitrogens is 4. The van der Waals surface area contributed by atoms with Crippen LogP contribution in [0.5, 0.6) is 0 Å². The Morgan fingerprint density at radius 2 is 2.20 bits per heavy atom. The fourth-order valence-corrected chi connectivity index (χ4v) is 2.91. The van der Waals surface area contributed by atoms with Gasteiger partial charge in [-0.3, -0.25) is 0 Å². The van der Waals surface area contributed by atoms with Crippen molar-refractivity contribution in [3.63, 3.8) is 0 Å². The molecule has 0 aromatic carbocycles. The summed E-state index contributed by atoms with van der Waals surface area (Å²) in [6.07, 6.45) is 13.3. The summed E-state index contributed by atoms with van der Waals surface area (Å²) in [6.45, 7) is 0.925. The molecule has 0 atom stereocenters. The van der Waals surface area contributed by atoms with Gasteiger partial charge in [-0.05, 0) is 38.5 Å². The Morgan fingerprint density at radius 1 is 1.25 bits per heavy atom. The van der Waals surface area contributed by atoms with Gasteiger partial charge >= 0.3 is 0 Å². The first-order valence-corrected chi connectivity index (χ1v) is 7.51. The van der Waals surface area contributed by atoms with Gasteiger partial charge in [0.2, 0.25) is 0 Å². The number of hydrogen-bond acceptors (Lipinski definition) is 4. The molecule has 0 bridgehead atoms. The van der Waals surface area contributed by atoms with E-state index in [4.69, 9.17) is 0 Å². The van der Waals surface area contributed by atoms with Gasteiger partial charge in [0.05, 0.1) is 6.33 Å². The second kappa shape index (κ2) is 4.89. The maximum atomic E-state index is 4.49. The second-order valence-electron chi connectivity index (χ2n) is 5.71. The second-order valence-corrected chi connectivity index (χ2v) is 5.71. The standard InChI is InChI=1S/C15H19N5/c1-2-4-11(3-1)7-8-16-14-13-15(18-9-17-14)20(10-19-13)12-5-6-12/h3,9-10,12H,1-2,4-8H2,(H,16,17,18). The molecule has 1 saturated carbocycles. The van der Waals surface area contributed by atoms with Crippen molar-refractivity contribution in [1.82, 2.24) is 19.5 Å². The Hall–Kier alpha value is -1.91. The molecule has 1 N–H and O–H groups in total. The zero-order chi connectivity index (χ0) is 13.4. The van der Waals surface area contributed by atoms with Crippen LogP contribution in [0.1, 0.15) is 44.6 Å². The lowest BCUT2D eigenvalue weighted by atomic mass is 10.2. The van der Waals surface area contributed by atoms with E-state index < -0.39 is 0 Å². The molecule has 2 aliphatic carbocycles. The van der Waals surface area contributed by atoms with Crippen molar-refractivity contribution in [2.24, 2.45) is 0 Å². The molecule has 0 radical (unpaired) electrons. The number of allylic oxidation sites excluding steroid dienone is 1. The smallest absolute Gasteiger partial charge is 0.165 e. The van der Waals surface area contributed by atoms with Gasteiger partial charge in [-0.15, -0.1) is 0 Å². The van der Waals surface area contributed by atoms with Crippen molar-refractivity contribution >= 4 is 17.0 Å². The van der Waals surface area contributed by atoms with E-state index in [0.717, 1.165) is 29.9 Å². The Balaban J connectivity index is 1.50. The molecule has 0 spiro atoms. The summed E-state index contributed by atoms with van der Waals surface area (Å²) < 4.78 is 2.18. The van der Waals surface area contributed by atoms with E-state index in [1.807, 2.05) is 6.33 Å². The van der Waals surface area contributed by atoms with Crippen molar-refractivity contribution < 1.29 is 0 Å². The fraction of sp³-hybridized carbons (Fsp3) is 0.533. The zero-order valence-corrected chi connectivity index (χ0v) is 11.5. The summed E-state index contributed by atoms with van der Waals surface area (Å²) in [5.41, 5.74) is 3.44. The first-order valence-electron chi connectivity index (χ1n) is 7.51. The molecule has 20 heavy (non-hydrogen) atoms. The molecule has 2 heterocycles. The Labute approximate surface area is 118 Å². The first-order chi connectivity index (χ1) is 9.92. The molecule has 4 rings (SSSR count). The third-order valence-corrected chi connectivity index (χ3v) is 4.17. The van der Waals surface area contributed by atoms with E-state index in [0.29, 0.717) is 6.04 Å². The van der Waals surface area contributed by atoms with E-state index in [1.54, 1.807) is 11.9 Å². The summed E-state index contributed by atoms with van der Waals surface area (Å²) in [7, 11) is 0. The lowest BCUT2D eigenvalue weighted by molar-refractivity contribution is 0.756. The van der Waals surface area contributed by atoms with Crippen LogP contribution in [0.25, 0.3) is 11.2 Å². The normalized spacial score (nSPS) is 18.5. The molecule has 0 amide bonds. The molecule has 0 aliphatic heterocycles. The van der Waals surface area contributed by atoms with Gasteiger partial charge in [-0.2, -0.15) is 0 Å². The van der Waals surface area contributed by atoms with E-state index in [-0.39, 0.29) is 0 Å². The monoisotopic (exact) mass is 269 g/mol. The van der Waals surface area contributed by atoms with Gasteiger partial charge in [-0.25, -0.2) is 15.0 Å². The van der Waals surface area contributed by atoms with Crippen LogP contribution in [-0.2, 0) is 0 Å². The third kappa shape index (κ3) is 2.17. The predicted octanol–water partition coefficient (Wildman–Crippen LogP) is 3.07. The van der Waals surface area contributed by atoms with Crippen molar-refractivity contribution in [3.05, 3.63) is 24.3 Å². The molecule has 5 nitrogen and oxygen atoms in total. The van der Waals surface area contributed by atoms with Crippen LogP contribution < -0.4 is 5.32 Å². The molecule has 104 valence electrons. The maximum Gasteiger partial charge on any atom is 0.165 e. The number of nitrogens with zero attached hydrogens (tertiary/aromatic N) is 4. The molecule has 2 aromatic rings. The van der Waals surface area contributed by atoms with Gasteiger partial charge in [0.15, 0.2) is 11.5 Å². The summed E-state index contributed by atoms with van der Waals surface area (Å²) in [5.74, 6) is 0.869. The third-order valence-electron chi connectivity index (χ3n) is 4.17. The van der Waals surface area contributed by atoms with E-state index >= 15 is 0 Å². The molecule has 2 aromatic heterocycles. The van der Waals surface area contributed by atoms with Crippen molar-refractivity contribution in [1.29, 1.82) is 0 Å². The lowest BCUT2D eigenvalue weighted by Gasteiger charge is -2.07. The van der Waals surface area contributed by atoms with Crippen LogP contribution in [0.3, 0.4) is 0 Å². The number of hydrogen-bond donors (Lipinski definition) is 1. The van der Waals surface area contributed by atoms with Crippen molar-refractivity contribution in [2.75, 3.05) is 11.9 Å². The van der Waals surface area contributed by atoms with Crippen LogP contribution in [0.2, 0.25) is 0 Å². The largest absolute Gasteiger partial charge is 0.368 e. The molecule has 5 heteroatoms. The zero-order valence-electron chi connectivity index (χ0n) is 11.5. The van der Waals surface area contributed by atoms with Crippen LogP contribution in [-0.4, -0.2) is 26.1 Å². The summed E-state index contributed by atoms with van der Waals surface area (Å²) in [4.78, 5) is 13.2. The average Bonchev–Trinajstić information content (AvgIpc) is 3.01. The minimum atomic E-state index is 0.603. The summed E-state index contributed by atoms with van der Waals surface area (Å²) in [5, 5.41) is 3.42. The lowest BCUT2D eigenvalue weighted by Crippen LogP contribution is -2.05. The highest BCUT2D eigenvalue weighted by molar-refractivity contribution is 5.82. The highest BCUT2D eigenvalue weighted by atomic mass is 15.2. The number of imidazole rings is 1. The number of anilines is 1. The average molecular weight is 269 g/mol. The number of rotatable bonds is 5. The minimum Gasteiger partial charge on any atom is -0.368 e. The van der Waals surface area contributed by atoms with Crippen molar-refractivity contribution in [2.45, 2.75) is 44.6 Å². The van der Waals surface area contributed by atoms with Crippen LogP contribution >= 0.6 is 0 Å². The van der Waals surface area contributed by atoms with Gasteiger partial charge in [0.1, 0.15) is 11.8 Å². The molecule has 0 saturated heterocycles. The Morgan fingerprint density at radius 3 is 3.00 bits per heavy atom. The maximum absolute atomic E-state index is 4.49. The number of fused-ring (bicyclic) bond motifs is 1. The van der Waals surface area contributed by atoms with E-state index in [1.165, 1.54) is 32.1 Å². The highest BCUT2D eigenvalue weighted by Crippen LogP contribution is 2.37. The highest BCUT2D eigenvalue weighted by Gasteiger charge is 2.26. The molecular formula is C15H19N5. The number of nitrogens with one attached hydrogen (secondary N) is 1. The molecule has 1 fully saturated rings. The fourth-order valence-electron chi connectivity index (χ4n) is 2.91. The SMILES string of the molecule is C1=C(CCNc2ncnc3c2ncn3C2CC2)CCC1. The Bertz CT molecular complexity index is 653. The van der Waals surface area contributed by atoms with Crippen LogP contribution in [0.15, 0.2) is 24.3 Å². The molecular weight excluding hydrogens is 250 g/mol.